The Balaban J connectivity index is 2.20. The second-order valence-electron chi connectivity index (χ2n) is 4.00. The number of nitrogens with zero attached hydrogens (tertiary/aromatic N) is 1. The predicted octanol–water partition coefficient (Wildman–Crippen LogP) is 2.93. The number of fused-ring (bicyclic) bond motifs is 1. The predicted molar refractivity (Wildman–Crippen MR) is 68.5 cm³/mol. The number of rotatable bonds is 2. The van der Waals surface area contributed by atoms with Gasteiger partial charge >= 0.3 is 5.97 Å². The summed E-state index contributed by atoms with van der Waals surface area (Å²) in [6.45, 7) is 0. The van der Waals surface area contributed by atoms with Crippen molar-refractivity contribution in [3.05, 3.63) is 54.1 Å². The van der Waals surface area contributed by atoms with Crippen molar-refractivity contribution in [2.24, 2.45) is 0 Å². The third-order valence-corrected chi connectivity index (χ3v) is 2.85. The number of benzene rings is 2. The molecule has 4 nitrogen and oxygen atoms in total. The molecule has 0 aliphatic heterocycles. The molecule has 3 aromatic rings. The lowest BCUT2D eigenvalue weighted by Crippen LogP contribution is -1.95. The average molecular weight is 238 g/mol. The summed E-state index contributed by atoms with van der Waals surface area (Å²) in [5.74, 6) is -0.934. The van der Waals surface area contributed by atoms with Crippen LogP contribution in [0.4, 0.5) is 0 Å². The highest BCUT2D eigenvalue weighted by molar-refractivity contribution is 5.95. The van der Waals surface area contributed by atoms with Crippen LogP contribution in [0.2, 0.25) is 0 Å². The monoisotopic (exact) mass is 238 g/mol. The van der Waals surface area contributed by atoms with Gasteiger partial charge in [0, 0.05) is 10.9 Å². The topological polar surface area (TPSA) is 66.0 Å². The van der Waals surface area contributed by atoms with Crippen molar-refractivity contribution >= 4 is 16.9 Å². The maximum absolute atomic E-state index is 11.0. The zero-order chi connectivity index (χ0) is 12.5. The maximum Gasteiger partial charge on any atom is 0.335 e. The van der Waals surface area contributed by atoms with Crippen LogP contribution in [0.25, 0.3) is 22.2 Å². The fourth-order valence-electron chi connectivity index (χ4n) is 1.98. The van der Waals surface area contributed by atoms with Gasteiger partial charge in [-0.15, -0.1) is 0 Å². The molecule has 0 radical (unpaired) electrons. The van der Waals surface area contributed by atoms with E-state index in [-0.39, 0.29) is 5.56 Å². The van der Waals surface area contributed by atoms with Gasteiger partial charge in [0.2, 0.25) is 0 Å². The lowest BCUT2D eigenvalue weighted by molar-refractivity contribution is 0.0697. The summed E-state index contributed by atoms with van der Waals surface area (Å²) in [4.78, 5) is 11.0. The number of nitrogens with one attached hydrogen (secondary N) is 1. The van der Waals surface area contributed by atoms with Crippen LogP contribution in [-0.2, 0) is 0 Å². The van der Waals surface area contributed by atoms with E-state index >= 15 is 0 Å². The van der Waals surface area contributed by atoms with Crippen molar-refractivity contribution in [3.63, 3.8) is 0 Å². The molecule has 2 N–H and O–H groups in total. The first kappa shape index (κ1) is 10.5. The van der Waals surface area contributed by atoms with Gasteiger partial charge in [-0.3, -0.25) is 5.10 Å². The van der Waals surface area contributed by atoms with Crippen LogP contribution in [0.5, 0.6) is 0 Å². The zero-order valence-corrected chi connectivity index (χ0v) is 9.42. The number of aromatic nitrogens is 2. The highest BCUT2D eigenvalue weighted by Gasteiger charge is 2.09. The number of carbonyl (C=O) groups is 1. The molecule has 1 aromatic heterocycles. The van der Waals surface area contributed by atoms with Crippen molar-refractivity contribution in [3.8, 4) is 11.3 Å². The van der Waals surface area contributed by atoms with E-state index < -0.39 is 5.97 Å². The summed E-state index contributed by atoms with van der Waals surface area (Å²) < 4.78 is 0. The minimum absolute atomic E-state index is 0.264. The van der Waals surface area contributed by atoms with Crippen molar-refractivity contribution in [1.29, 1.82) is 0 Å². The number of carboxylic acid groups (broad SMARTS) is 1. The molecular formula is C14H10N2O2. The highest BCUT2D eigenvalue weighted by atomic mass is 16.4. The highest BCUT2D eigenvalue weighted by Crippen LogP contribution is 2.26. The van der Waals surface area contributed by atoms with Crippen LogP contribution in [-0.4, -0.2) is 21.3 Å². The molecule has 3 rings (SSSR count). The molecule has 0 saturated carbocycles. The fourth-order valence-corrected chi connectivity index (χ4v) is 1.98. The number of para-hydroxylation sites is 1. The van der Waals surface area contributed by atoms with Crippen LogP contribution in [0.1, 0.15) is 10.4 Å². The van der Waals surface area contributed by atoms with Crippen LogP contribution < -0.4 is 0 Å². The van der Waals surface area contributed by atoms with Gasteiger partial charge in [-0.05, 0) is 18.2 Å². The number of aromatic amines is 1. The molecule has 0 spiro atoms. The maximum atomic E-state index is 11.0. The Morgan fingerprint density at radius 3 is 2.78 bits per heavy atom. The minimum Gasteiger partial charge on any atom is -0.478 e. The Labute approximate surface area is 103 Å². The van der Waals surface area contributed by atoms with E-state index in [1.807, 2.05) is 30.3 Å². The standard InChI is InChI=1S/C14H10N2O2/c17-14(18)10-5-3-4-9(8-10)13-11-6-1-2-7-12(11)15-16-13/h1-8H,(H,15,16)(H,17,18). The number of H-pyrrole nitrogens is 1. The molecular weight excluding hydrogens is 228 g/mol. The lowest BCUT2D eigenvalue weighted by Gasteiger charge is -1.99. The summed E-state index contributed by atoms with van der Waals surface area (Å²) in [6.07, 6.45) is 0. The largest absolute Gasteiger partial charge is 0.478 e. The van der Waals surface area contributed by atoms with Crippen LogP contribution in [0, 0.1) is 0 Å². The molecule has 0 bridgehead atoms. The molecule has 0 atom stereocenters. The van der Waals surface area contributed by atoms with Gasteiger partial charge in [-0.2, -0.15) is 5.10 Å². The van der Waals surface area contributed by atoms with Gasteiger partial charge < -0.3 is 5.11 Å². The van der Waals surface area contributed by atoms with Gasteiger partial charge in [-0.1, -0.05) is 30.3 Å². The Morgan fingerprint density at radius 2 is 1.94 bits per heavy atom. The molecule has 2 aromatic carbocycles. The number of hydrogen-bond donors (Lipinski definition) is 2. The molecule has 4 heteroatoms. The fraction of sp³-hybridized carbons (Fsp3) is 0. The van der Waals surface area contributed by atoms with E-state index in [1.54, 1.807) is 18.2 Å². The Hall–Kier alpha value is -2.62. The molecule has 1 heterocycles. The van der Waals surface area contributed by atoms with Crippen molar-refractivity contribution < 1.29 is 9.90 Å². The van der Waals surface area contributed by atoms with Gasteiger partial charge in [-0.25, -0.2) is 4.79 Å². The summed E-state index contributed by atoms with van der Waals surface area (Å²) in [7, 11) is 0. The molecule has 0 unspecified atom stereocenters. The van der Waals surface area contributed by atoms with Gasteiger partial charge in [0.15, 0.2) is 0 Å². The van der Waals surface area contributed by atoms with E-state index in [0.717, 1.165) is 22.2 Å². The summed E-state index contributed by atoms with van der Waals surface area (Å²) in [6, 6.07) is 14.5. The van der Waals surface area contributed by atoms with Crippen molar-refractivity contribution in [2.45, 2.75) is 0 Å². The molecule has 18 heavy (non-hydrogen) atoms. The average Bonchev–Trinajstić information content (AvgIpc) is 2.82. The van der Waals surface area contributed by atoms with Gasteiger partial charge in [0.05, 0.1) is 16.8 Å². The van der Waals surface area contributed by atoms with Crippen LogP contribution in [0.3, 0.4) is 0 Å². The van der Waals surface area contributed by atoms with Gasteiger partial charge in [0.25, 0.3) is 0 Å². The Morgan fingerprint density at radius 1 is 1.11 bits per heavy atom. The second kappa shape index (κ2) is 4.00. The van der Waals surface area contributed by atoms with Crippen molar-refractivity contribution in [2.75, 3.05) is 0 Å². The van der Waals surface area contributed by atoms with E-state index in [2.05, 4.69) is 10.2 Å². The summed E-state index contributed by atoms with van der Waals surface area (Å²) >= 11 is 0. The zero-order valence-electron chi connectivity index (χ0n) is 9.42. The normalized spacial score (nSPS) is 10.7. The van der Waals surface area contributed by atoms with Crippen LogP contribution in [0.15, 0.2) is 48.5 Å². The first-order chi connectivity index (χ1) is 8.75. The van der Waals surface area contributed by atoms with Gasteiger partial charge in [0.1, 0.15) is 0 Å². The Bertz CT molecular complexity index is 731. The number of hydrogen-bond acceptors (Lipinski definition) is 2. The van der Waals surface area contributed by atoms with E-state index in [1.165, 1.54) is 0 Å². The Kier molecular flexibility index (Phi) is 2.34. The number of carboxylic acids is 1. The van der Waals surface area contributed by atoms with E-state index in [0.29, 0.717) is 0 Å². The lowest BCUT2D eigenvalue weighted by atomic mass is 10.1. The SMILES string of the molecule is O=C(O)c1cccc(-c2n[nH]c3ccccc23)c1. The van der Waals surface area contributed by atoms with E-state index in [4.69, 9.17) is 5.11 Å². The van der Waals surface area contributed by atoms with Crippen molar-refractivity contribution in [1.82, 2.24) is 10.2 Å². The number of aromatic carboxylic acids is 1. The molecule has 0 fully saturated rings. The third-order valence-electron chi connectivity index (χ3n) is 2.85. The smallest absolute Gasteiger partial charge is 0.335 e. The third kappa shape index (κ3) is 1.64. The minimum atomic E-state index is -0.934. The molecule has 0 saturated heterocycles. The quantitative estimate of drug-likeness (QED) is 0.721. The summed E-state index contributed by atoms with van der Waals surface area (Å²) in [5.41, 5.74) is 2.77. The second-order valence-corrected chi connectivity index (χ2v) is 4.00. The molecule has 0 aliphatic rings. The van der Waals surface area contributed by atoms with Crippen LogP contribution >= 0.6 is 0 Å². The first-order valence-electron chi connectivity index (χ1n) is 5.52. The molecule has 0 amide bonds. The molecule has 88 valence electrons. The van der Waals surface area contributed by atoms with E-state index in [9.17, 15) is 4.79 Å². The summed E-state index contributed by atoms with van der Waals surface area (Å²) in [5, 5.41) is 17.2. The molecule has 0 aliphatic carbocycles. The first-order valence-corrected chi connectivity index (χ1v) is 5.52.